The van der Waals surface area contributed by atoms with Crippen LogP contribution in [0.4, 0.5) is 5.69 Å². The van der Waals surface area contributed by atoms with E-state index in [0.29, 0.717) is 18.7 Å². The van der Waals surface area contributed by atoms with E-state index in [9.17, 15) is 14.4 Å². The maximum absolute atomic E-state index is 13.8. The Morgan fingerprint density at radius 2 is 1.75 bits per heavy atom. The molecule has 2 fully saturated rings. The van der Waals surface area contributed by atoms with Gasteiger partial charge in [0.2, 0.25) is 17.7 Å². The number of benzene rings is 1. The number of aromatic nitrogens is 1. The van der Waals surface area contributed by atoms with E-state index in [2.05, 4.69) is 20.9 Å². The topological polar surface area (TPSA) is 103 Å². The molecule has 1 aliphatic heterocycles. The van der Waals surface area contributed by atoms with Crippen molar-refractivity contribution in [1.29, 1.82) is 0 Å². The molecule has 0 unspecified atom stereocenters. The van der Waals surface area contributed by atoms with Crippen molar-refractivity contribution in [3.05, 3.63) is 48.8 Å². The van der Waals surface area contributed by atoms with Crippen molar-refractivity contribution in [2.45, 2.75) is 70.0 Å². The molecule has 2 aromatic rings. The molecule has 1 saturated carbocycles. The molecule has 8 nitrogen and oxygen atoms in total. The van der Waals surface area contributed by atoms with Gasteiger partial charge in [0, 0.05) is 24.5 Å². The van der Waals surface area contributed by atoms with Crippen LogP contribution >= 0.6 is 0 Å². The van der Waals surface area contributed by atoms with Crippen LogP contribution in [0.25, 0.3) is 11.1 Å². The fourth-order valence-electron chi connectivity index (χ4n) is 5.31. The molecule has 1 aromatic heterocycles. The highest BCUT2D eigenvalue weighted by Crippen LogP contribution is 2.31. The third kappa shape index (κ3) is 5.93. The second-order valence-corrected chi connectivity index (χ2v) is 9.86. The number of rotatable bonds is 8. The van der Waals surface area contributed by atoms with Gasteiger partial charge in [0.05, 0.1) is 11.7 Å². The molecule has 4 rings (SSSR count). The van der Waals surface area contributed by atoms with Crippen molar-refractivity contribution in [2.75, 3.05) is 18.9 Å². The second kappa shape index (κ2) is 12.1. The van der Waals surface area contributed by atoms with Gasteiger partial charge in [-0.15, -0.1) is 0 Å². The summed E-state index contributed by atoms with van der Waals surface area (Å²) in [7, 11) is 1.73. The monoisotopic (exact) mass is 491 g/mol. The summed E-state index contributed by atoms with van der Waals surface area (Å²) >= 11 is 0. The molecule has 3 amide bonds. The highest BCUT2D eigenvalue weighted by atomic mass is 16.2. The zero-order valence-corrected chi connectivity index (χ0v) is 21.2. The third-order valence-corrected chi connectivity index (χ3v) is 7.51. The average molecular weight is 492 g/mol. The van der Waals surface area contributed by atoms with Crippen molar-refractivity contribution in [3.63, 3.8) is 0 Å². The first-order chi connectivity index (χ1) is 17.5. The predicted molar refractivity (Wildman–Crippen MR) is 140 cm³/mol. The number of amides is 3. The SMILES string of the molecule is CN[C@@H](C)C(=O)N[C@H](C(=O)N1CCC[C@H]1C(=O)Nc1ccncc1-c1ccccc1)C1CCCCC1. The molecule has 2 heterocycles. The second-order valence-electron chi connectivity index (χ2n) is 9.86. The van der Waals surface area contributed by atoms with Crippen molar-refractivity contribution < 1.29 is 14.4 Å². The van der Waals surface area contributed by atoms with E-state index < -0.39 is 18.1 Å². The van der Waals surface area contributed by atoms with Gasteiger partial charge in [-0.25, -0.2) is 0 Å². The lowest BCUT2D eigenvalue weighted by Gasteiger charge is -2.35. The number of likely N-dealkylation sites (N-methyl/N-ethyl adjacent to an activating group) is 1. The molecule has 1 aromatic carbocycles. The average Bonchev–Trinajstić information content (AvgIpc) is 3.42. The summed E-state index contributed by atoms with van der Waals surface area (Å²) in [5.41, 5.74) is 2.45. The summed E-state index contributed by atoms with van der Waals surface area (Å²) in [6.07, 6.45) is 9.82. The molecule has 3 N–H and O–H groups in total. The van der Waals surface area contributed by atoms with E-state index >= 15 is 0 Å². The first kappa shape index (κ1) is 25.8. The number of nitrogens with zero attached hydrogens (tertiary/aromatic N) is 2. The largest absolute Gasteiger partial charge is 0.343 e. The van der Waals surface area contributed by atoms with E-state index in [1.54, 1.807) is 37.3 Å². The van der Waals surface area contributed by atoms with Gasteiger partial charge in [0.25, 0.3) is 0 Å². The van der Waals surface area contributed by atoms with Gasteiger partial charge in [0.15, 0.2) is 0 Å². The van der Waals surface area contributed by atoms with Gasteiger partial charge in [-0.2, -0.15) is 0 Å². The molecular weight excluding hydrogens is 454 g/mol. The van der Waals surface area contributed by atoms with Crippen LogP contribution in [0.15, 0.2) is 48.8 Å². The summed E-state index contributed by atoms with van der Waals surface area (Å²) in [6, 6.07) is 9.99. The molecule has 8 heteroatoms. The summed E-state index contributed by atoms with van der Waals surface area (Å²) in [6.45, 7) is 2.29. The number of hydrogen-bond acceptors (Lipinski definition) is 5. The fraction of sp³-hybridized carbons (Fsp3) is 0.500. The lowest BCUT2D eigenvalue weighted by molar-refractivity contribution is -0.142. The summed E-state index contributed by atoms with van der Waals surface area (Å²) in [4.78, 5) is 46.0. The van der Waals surface area contributed by atoms with Gasteiger partial charge in [-0.3, -0.25) is 19.4 Å². The fourth-order valence-corrected chi connectivity index (χ4v) is 5.31. The lowest BCUT2D eigenvalue weighted by Crippen LogP contribution is -2.57. The minimum Gasteiger partial charge on any atom is -0.343 e. The normalized spacial score (nSPS) is 19.9. The molecule has 192 valence electrons. The van der Waals surface area contributed by atoms with Gasteiger partial charge in [0.1, 0.15) is 12.1 Å². The van der Waals surface area contributed by atoms with E-state index in [-0.39, 0.29) is 23.6 Å². The van der Waals surface area contributed by atoms with Crippen LogP contribution in [0.1, 0.15) is 51.9 Å². The van der Waals surface area contributed by atoms with Crippen molar-refractivity contribution in [3.8, 4) is 11.1 Å². The number of pyridine rings is 1. The van der Waals surface area contributed by atoms with E-state index in [1.165, 1.54) is 0 Å². The quantitative estimate of drug-likeness (QED) is 0.526. The number of nitrogens with one attached hydrogen (secondary N) is 3. The molecule has 0 spiro atoms. The third-order valence-electron chi connectivity index (χ3n) is 7.51. The maximum atomic E-state index is 13.8. The van der Waals surface area contributed by atoms with Crippen LogP contribution in [-0.2, 0) is 14.4 Å². The molecule has 36 heavy (non-hydrogen) atoms. The first-order valence-corrected chi connectivity index (χ1v) is 13.1. The van der Waals surface area contributed by atoms with Gasteiger partial charge in [-0.1, -0.05) is 49.6 Å². The standard InChI is InChI=1S/C28H37N5O3/c1-19(29-2)26(34)32-25(21-12-7-4-8-13-21)28(36)33-17-9-14-24(33)27(35)31-23-15-16-30-18-22(23)20-10-5-3-6-11-20/h3,5-6,10-11,15-16,18-19,21,24-25,29H,4,7-9,12-14,17H2,1-2H3,(H,32,34)(H,30,31,35)/t19-,24-,25-/m0/s1. The Kier molecular flexibility index (Phi) is 8.70. The Hall–Kier alpha value is -3.26. The van der Waals surface area contributed by atoms with Crippen molar-refractivity contribution >= 4 is 23.4 Å². The molecule has 1 aliphatic carbocycles. The molecule has 0 radical (unpaired) electrons. The predicted octanol–water partition coefficient (Wildman–Crippen LogP) is 3.35. The summed E-state index contributed by atoms with van der Waals surface area (Å²) in [5.74, 6) is -0.449. The number of carbonyl (C=O) groups is 3. The van der Waals surface area contributed by atoms with Crippen LogP contribution in [-0.4, -0.2) is 59.3 Å². The van der Waals surface area contributed by atoms with Gasteiger partial charge in [-0.05, 0) is 57.2 Å². The van der Waals surface area contributed by atoms with Crippen molar-refractivity contribution in [2.24, 2.45) is 5.92 Å². The Balaban J connectivity index is 1.52. The molecule has 1 saturated heterocycles. The Morgan fingerprint density at radius 1 is 1.00 bits per heavy atom. The number of hydrogen-bond donors (Lipinski definition) is 3. The van der Waals surface area contributed by atoms with E-state index in [0.717, 1.165) is 49.7 Å². The number of likely N-dealkylation sites (tertiary alicyclic amines) is 1. The van der Waals surface area contributed by atoms with Gasteiger partial charge >= 0.3 is 0 Å². The number of anilines is 1. The summed E-state index contributed by atoms with van der Waals surface area (Å²) < 4.78 is 0. The van der Waals surface area contributed by atoms with Crippen LogP contribution in [0, 0.1) is 5.92 Å². The Bertz CT molecular complexity index is 1050. The highest BCUT2D eigenvalue weighted by molar-refractivity contribution is 6.01. The molecular formula is C28H37N5O3. The summed E-state index contributed by atoms with van der Waals surface area (Å²) in [5, 5.41) is 9.02. The zero-order chi connectivity index (χ0) is 25.5. The molecule has 3 atom stereocenters. The molecule has 0 bridgehead atoms. The van der Waals surface area contributed by atoms with Crippen molar-refractivity contribution in [1.82, 2.24) is 20.5 Å². The van der Waals surface area contributed by atoms with Crippen LogP contribution in [0.5, 0.6) is 0 Å². The maximum Gasteiger partial charge on any atom is 0.247 e. The lowest BCUT2D eigenvalue weighted by atomic mass is 9.83. The first-order valence-electron chi connectivity index (χ1n) is 13.1. The van der Waals surface area contributed by atoms with Crippen LogP contribution in [0.2, 0.25) is 0 Å². The van der Waals surface area contributed by atoms with E-state index in [4.69, 9.17) is 0 Å². The van der Waals surface area contributed by atoms with Gasteiger partial charge < -0.3 is 20.9 Å². The highest BCUT2D eigenvalue weighted by Gasteiger charge is 2.41. The minimum absolute atomic E-state index is 0.0912. The zero-order valence-electron chi connectivity index (χ0n) is 21.2. The van der Waals surface area contributed by atoms with E-state index in [1.807, 2.05) is 30.3 Å². The Labute approximate surface area is 213 Å². The minimum atomic E-state index is -0.609. The molecule has 2 aliphatic rings. The van der Waals surface area contributed by atoms with Crippen LogP contribution in [0.3, 0.4) is 0 Å². The Morgan fingerprint density at radius 3 is 2.47 bits per heavy atom. The van der Waals surface area contributed by atoms with Crippen LogP contribution < -0.4 is 16.0 Å². The smallest absolute Gasteiger partial charge is 0.247 e. The number of carbonyl (C=O) groups excluding carboxylic acids is 3.